The van der Waals surface area contributed by atoms with Crippen molar-refractivity contribution in [2.24, 2.45) is 0 Å². The van der Waals surface area contributed by atoms with Crippen molar-refractivity contribution < 1.29 is 19.4 Å². The van der Waals surface area contributed by atoms with Gasteiger partial charge in [-0.15, -0.1) is 0 Å². The van der Waals surface area contributed by atoms with Gasteiger partial charge in [0.25, 0.3) is 0 Å². The number of carbonyl (C=O) groups excluding carboxylic acids is 1. The number of allylic oxidation sites excluding steroid dienone is 1. The van der Waals surface area contributed by atoms with Crippen molar-refractivity contribution in [1.82, 2.24) is 9.55 Å². The number of hydrogen-bond donors (Lipinski definition) is 1. The number of carbonyl (C=O) groups is 2. The molecule has 0 saturated heterocycles. The van der Waals surface area contributed by atoms with Gasteiger partial charge in [-0.25, -0.2) is 4.79 Å². The minimum atomic E-state index is -0.945. The molecule has 2 aromatic carbocycles. The summed E-state index contributed by atoms with van der Waals surface area (Å²) in [6.07, 6.45) is 5.45. The minimum Gasteiger partial charge on any atom is -0.479 e. The van der Waals surface area contributed by atoms with Crippen LogP contribution >= 0.6 is 0 Å². The molecule has 4 rings (SSSR count). The van der Waals surface area contributed by atoms with Gasteiger partial charge >= 0.3 is 5.97 Å². The van der Waals surface area contributed by atoms with Gasteiger partial charge in [0.05, 0.1) is 12.2 Å². The number of aryl methyl sites for hydroxylation is 1. The first-order valence-electron chi connectivity index (χ1n) is 13.4. The van der Waals surface area contributed by atoms with E-state index in [9.17, 15) is 14.7 Å². The topological polar surface area (TPSA) is 81.4 Å². The van der Waals surface area contributed by atoms with E-state index in [0.717, 1.165) is 33.3 Å². The third kappa shape index (κ3) is 6.35. The van der Waals surface area contributed by atoms with Crippen molar-refractivity contribution >= 4 is 28.7 Å². The molecule has 0 unspecified atom stereocenters. The highest BCUT2D eigenvalue weighted by molar-refractivity contribution is 6.16. The summed E-state index contributed by atoms with van der Waals surface area (Å²) in [6, 6.07) is 18.0. The Hall–Kier alpha value is -4.03. The summed E-state index contributed by atoms with van der Waals surface area (Å²) in [6.45, 7) is 10.9. The molecule has 0 aliphatic rings. The smallest absolute Gasteiger partial charge is 0.332 e. The second-order valence-corrected chi connectivity index (χ2v) is 10.2. The Morgan fingerprint density at radius 2 is 1.87 bits per heavy atom. The van der Waals surface area contributed by atoms with E-state index in [0.29, 0.717) is 30.1 Å². The van der Waals surface area contributed by atoms with Crippen molar-refractivity contribution in [3.05, 3.63) is 106 Å². The average Bonchev–Trinajstić information content (AvgIpc) is 3.19. The molecule has 0 fully saturated rings. The summed E-state index contributed by atoms with van der Waals surface area (Å²) in [5.74, 6) is -0.669. The maximum absolute atomic E-state index is 13.7. The molecule has 0 aliphatic carbocycles. The summed E-state index contributed by atoms with van der Waals surface area (Å²) in [5, 5.41) is 10.2. The number of carboxylic acids is 1. The third-order valence-corrected chi connectivity index (χ3v) is 7.03. The van der Waals surface area contributed by atoms with Gasteiger partial charge in [0, 0.05) is 29.3 Å². The summed E-state index contributed by atoms with van der Waals surface area (Å²) in [7, 11) is 0. The number of rotatable bonds is 11. The maximum atomic E-state index is 13.7. The Morgan fingerprint density at radius 3 is 2.54 bits per heavy atom. The third-order valence-electron chi connectivity index (χ3n) is 7.03. The molecule has 2 heterocycles. The van der Waals surface area contributed by atoms with Gasteiger partial charge in [0.1, 0.15) is 5.69 Å². The lowest BCUT2D eigenvalue weighted by Crippen LogP contribution is -2.22. The van der Waals surface area contributed by atoms with Gasteiger partial charge in [-0.05, 0) is 72.7 Å². The fourth-order valence-corrected chi connectivity index (χ4v) is 4.75. The van der Waals surface area contributed by atoms with Crippen LogP contribution < -0.4 is 0 Å². The number of ether oxygens (including phenoxy) is 1. The lowest BCUT2D eigenvalue weighted by atomic mass is 9.98. The SMILES string of the molecule is CC[C@@H](OCc1cccc(/C=C/Cn2c(C)c(C(=O)c3ccc(C)cn3)c3cc(C(C)C)ccc32)c1)C(=O)O. The van der Waals surface area contributed by atoms with Crippen molar-refractivity contribution in [3.63, 3.8) is 0 Å². The number of hydrogen-bond acceptors (Lipinski definition) is 4. The van der Waals surface area contributed by atoms with Gasteiger partial charge in [0.2, 0.25) is 5.78 Å². The number of ketones is 1. The Balaban J connectivity index is 1.63. The van der Waals surface area contributed by atoms with Crippen molar-refractivity contribution in [2.45, 2.75) is 66.2 Å². The van der Waals surface area contributed by atoms with Crippen LogP contribution in [0.15, 0.2) is 66.9 Å². The van der Waals surface area contributed by atoms with Crippen LogP contribution in [0.5, 0.6) is 0 Å². The quantitative estimate of drug-likeness (QED) is 0.212. The molecule has 202 valence electrons. The van der Waals surface area contributed by atoms with E-state index >= 15 is 0 Å². The highest BCUT2D eigenvalue weighted by Crippen LogP contribution is 2.31. The van der Waals surface area contributed by atoms with Gasteiger partial charge in [-0.2, -0.15) is 0 Å². The molecule has 0 radical (unpaired) electrons. The normalized spacial score (nSPS) is 12.5. The Bertz CT molecular complexity index is 1510. The van der Waals surface area contributed by atoms with E-state index in [2.05, 4.69) is 47.7 Å². The molecule has 4 aromatic rings. The predicted octanol–water partition coefficient (Wildman–Crippen LogP) is 7.10. The molecule has 6 nitrogen and oxygen atoms in total. The van der Waals surface area contributed by atoms with Crippen LogP contribution in [-0.2, 0) is 22.7 Å². The molecule has 2 aromatic heterocycles. The predicted molar refractivity (Wildman–Crippen MR) is 155 cm³/mol. The molecular formula is C33H36N2O4. The number of nitrogens with zero attached hydrogens (tertiary/aromatic N) is 2. The molecule has 0 spiro atoms. The van der Waals surface area contributed by atoms with Crippen molar-refractivity contribution in [2.75, 3.05) is 0 Å². The summed E-state index contributed by atoms with van der Waals surface area (Å²) < 4.78 is 7.73. The van der Waals surface area contributed by atoms with Crippen LogP contribution in [0.4, 0.5) is 0 Å². The summed E-state index contributed by atoms with van der Waals surface area (Å²) in [5.41, 5.74) is 7.17. The zero-order chi connectivity index (χ0) is 28.1. The van der Waals surface area contributed by atoms with E-state index in [1.807, 2.05) is 50.3 Å². The fraction of sp³-hybridized carbons (Fsp3) is 0.303. The first-order chi connectivity index (χ1) is 18.7. The maximum Gasteiger partial charge on any atom is 0.332 e. The highest BCUT2D eigenvalue weighted by atomic mass is 16.5. The lowest BCUT2D eigenvalue weighted by molar-refractivity contribution is -0.151. The largest absolute Gasteiger partial charge is 0.479 e. The minimum absolute atomic E-state index is 0.0689. The molecule has 1 N–H and O–H groups in total. The highest BCUT2D eigenvalue weighted by Gasteiger charge is 2.22. The van der Waals surface area contributed by atoms with E-state index in [4.69, 9.17) is 4.74 Å². The average molecular weight is 525 g/mol. The Morgan fingerprint density at radius 1 is 1.08 bits per heavy atom. The molecule has 0 aliphatic heterocycles. The molecule has 1 atom stereocenters. The number of pyridine rings is 1. The van der Waals surface area contributed by atoms with Crippen molar-refractivity contribution in [3.8, 4) is 0 Å². The second kappa shape index (κ2) is 12.2. The van der Waals surface area contributed by atoms with Crippen molar-refractivity contribution in [1.29, 1.82) is 0 Å². The first kappa shape index (κ1) is 28.0. The summed E-state index contributed by atoms with van der Waals surface area (Å²) in [4.78, 5) is 29.3. The second-order valence-electron chi connectivity index (χ2n) is 10.2. The molecule has 0 amide bonds. The first-order valence-corrected chi connectivity index (χ1v) is 13.4. The number of benzene rings is 2. The molecule has 39 heavy (non-hydrogen) atoms. The Kier molecular flexibility index (Phi) is 8.77. The zero-order valence-corrected chi connectivity index (χ0v) is 23.3. The summed E-state index contributed by atoms with van der Waals surface area (Å²) >= 11 is 0. The molecule has 0 bridgehead atoms. The van der Waals surface area contributed by atoms with E-state index in [-0.39, 0.29) is 12.4 Å². The van der Waals surface area contributed by atoms with Gasteiger partial charge in [-0.3, -0.25) is 9.78 Å². The monoisotopic (exact) mass is 524 g/mol. The standard InChI is InChI=1S/C33H36N2O4/c1-6-30(33(37)38)39-20-25-10-7-9-24(17-25)11-8-16-35-23(5)31(32(36)28-14-12-22(4)19-34-28)27-18-26(21(2)3)13-15-29(27)35/h7-15,17-19,21,30H,6,16,20H2,1-5H3,(H,37,38)/b11-8+/t30-/m1/s1. The molecular weight excluding hydrogens is 488 g/mol. The number of aromatic nitrogens is 2. The van der Waals surface area contributed by atoms with Crippen LogP contribution in [0.3, 0.4) is 0 Å². The number of fused-ring (bicyclic) bond motifs is 1. The number of carboxylic acid groups (broad SMARTS) is 1. The van der Waals surface area contributed by atoms with Crippen LogP contribution in [-0.4, -0.2) is 32.5 Å². The van der Waals surface area contributed by atoms with Gasteiger partial charge in [0.15, 0.2) is 6.10 Å². The molecule has 0 saturated carbocycles. The van der Waals surface area contributed by atoms with Crippen LogP contribution in [0, 0.1) is 13.8 Å². The fourth-order valence-electron chi connectivity index (χ4n) is 4.75. The van der Waals surface area contributed by atoms with Crippen LogP contribution in [0.25, 0.3) is 17.0 Å². The zero-order valence-electron chi connectivity index (χ0n) is 23.3. The number of aliphatic carboxylic acids is 1. The van der Waals surface area contributed by atoms with Gasteiger partial charge < -0.3 is 14.4 Å². The van der Waals surface area contributed by atoms with Crippen LogP contribution in [0.2, 0.25) is 0 Å². The van der Waals surface area contributed by atoms with E-state index in [1.54, 1.807) is 19.2 Å². The van der Waals surface area contributed by atoms with Crippen LogP contribution in [0.1, 0.15) is 77.1 Å². The molecule has 6 heteroatoms. The Labute approximate surface area is 230 Å². The van der Waals surface area contributed by atoms with Gasteiger partial charge in [-0.1, -0.05) is 63.3 Å². The lowest BCUT2D eigenvalue weighted by Gasteiger charge is -2.11. The van der Waals surface area contributed by atoms with E-state index < -0.39 is 12.1 Å². The van der Waals surface area contributed by atoms with E-state index in [1.165, 1.54) is 5.56 Å².